The third-order valence-corrected chi connectivity index (χ3v) is 3.28. The second kappa shape index (κ2) is 6.71. The predicted octanol–water partition coefficient (Wildman–Crippen LogP) is 2.83. The van der Waals surface area contributed by atoms with Gasteiger partial charge in [0.2, 0.25) is 0 Å². The van der Waals surface area contributed by atoms with Gasteiger partial charge in [0, 0.05) is 0 Å². The quantitative estimate of drug-likeness (QED) is 0.536. The Morgan fingerprint density at radius 2 is 1.88 bits per heavy atom. The molecule has 0 saturated carbocycles. The minimum Gasteiger partial charge on any atom is -0.426 e. The summed E-state index contributed by atoms with van der Waals surface area (Å²) in [7, 11) is 0. The highest BCUT2D eigenvalue weighted by Gasteiger charge is 2.30. The van der Waals surface area contributed by atoms with Crippen LogP contribution in [0.15, 0.2) is 54.9 Å². The van der Waals surface area contributed by atoms with Crippen LogP contribution in [0.3, 0.4) is 0 Å². The monoisotopic (exact) mass is 348 g/mol. The molecule has 1 heterocycles. The van der Waals surface area contributed by atoms with Gasteiger partial charge in [-0.15, -0.1) is 5.10 Å². The van der Waals surface area contributed by atoms with Crippen LogP contribution >= 0.6 is 0 Å². The van der Waals surface area contributed by atoms with Gasteiger partial charge in [0.05, 0.1) is 17.7 Å². The maximum absolute atomic E-state index is 12.7. The van der Waals surface area contributed by atoms with Crippen LogP contribution in [0.5, 0.6) is 5.75 Å². The number of rotatable bonds is 4. The van der Waals surface area contributed by atoms with Crippen LogP contribution in [-0.2, 0) is 17.4 Å². The van der Waals surface area contributed by atoms with Gasteiger partial charge in [-0.2, -0.15) is 13.2 Å². The molecule has 9 heteroatoms. The molecule has 0 bridgehead atoms. The van der Waals surface area contributed by atoms with Crippen molar-refractivity contribution in [2.24, 2.45) is 0 Å². The van der Waals surface area contributed by atoms with E-state index in [0.29, 0.717) is 5.69 Å². The van der Waals surface area contributed by atoms with Crippen LogP contribution in [0.25, 0.3) is 5.69 Å². The molecule has 2 aromatic carbocycles. The summed E-state index contributed by atoms with van der Waals surface area (Å²) in [6.45, 7) is 0. The smallest absolute Gasteiger partial charge is 0.416 e. The normalized spacial score (nSPS) is 11.3. The van der Waals surface area contributed by atoms with E-state index in [9.17, 15) is 18.0 Å². The zero-order valence-corrected chi connectivity index (χ0v) is 12.6. The Bertz CT molecular complexity index is 862. The van der Waals surface area contributed by atoms with E-state index in [0.717, 1.165) is 12.1 Å². The number of carbonyl (C=O) groups is 1. The van der Waals surface area contributed by atoms with Crippen molar-refractivity contribution in [3.63, 3.8) is 0 Å². The third-order valence-electron chi connectivity index (χ3n) is 3.28. The lowest BCUT2D eigenvalue weighted by Gasteiger charge is -2.09. The molecule has 3 aromatic rings. The fourth-order valence-corrected chi connectivity index (χ4v) is 2.14. The van der Waals surface area contributed by atoms with E-state index in [1.165, 1.54) is 23.1 Å². The van der Waals surface area contributed by atoms with Gasteiger partial charge >= 0.3 is 12.1 Å². The molecule has 0 aliphatic rings. The molecule has 0 amide bonds. The molecular weight excluding hydrogens is 337 g/mol. The Labute approximate surface area is 139 Å². The average Bonchev–Trinajstić information content (AvgIpc) is 3.09. The molecule has 0 saturated heterocycles. The highest BCUT2D eigenvalue weighted by atomic mass is 19.4. The number of benzene rings is 2. The van der Waals surface area contributed by atoms with Crippen molar-refractivity contribution in [1.29, 1.82) is 0 Å². The Balaban J connectivity index is 1.65. The van der Waals surface area contributed by atoms with Crippen molar-refractivity contribution in [2.75, 3.05) is 0 Å². The lowest BCUT2D eigenvalue weighted by molar-refractivity contribution is -0.138. The fourth-order valence-electron chi connectivity index (χ4n) is 2.14. The number of alkyl halides is 3. The number of carbonyl (C=O) groups excluding carboxylic acids is 1. The first-order valence-electron chi connectivity index (χ1n) is 7.12. The molecule has 0 radical (unpaired) electrons. The van der Waals surface area contributed by atoms with Crippen LogP contribution in [0.4, 0.5) is 13.2 Å². The van der Waals surface area contributed by atoms with Gasteiger partial charge in [0.25, 0.3) is 0 Å². The molecule has 6 nitrogen and oxygen atoms in total. The second-order valence-corrected chi connectivity index (χ2v) is 5.10. The number of hydrogen-bond acceptors (Lipinski definition) is 5. The molecular formula is C16H11F3N4O2. The van der Waals surface area contributed by atoms with Crippen molar-refractivity contribution in [1.82, 2.24) is 20.2 Å². The maximum Gasteiger partial charge on any atom is 0.416 e. The van der Waals surface area contributed by atoms with Crippen LogP contribution in [-0.4, -0.2) is 26.2 Å². The summed E-state index contributed by atoms with van der Waals surface area (Å²) < 4.78 is 44.6. The Morgan fingerprint density at radius 1 is 1.12 bits per heavy atom. The highest BCUT2D eigenvalue weighted by molar-refractivity contribution is 5.75. The summed E-state index contributed by atoms with van der Waals surface area (Å²) in [5.74, 6) is -0.386. The van der Waals surface area contributed by atoms with Crippen molar-refractivity contribution in [3.8, 4) is 11.4 Å². The van der Waals surface area contributed by atoms with Gasteiger partial charge in [-0.25, -0.2) is 4.68 Å². The van der Waals surface area contributed by atoms with Gasteiger partial charge in [-0.1, -0.05) is 18.2 Å². The van der Waals surface area contributed by atoms with Crippen LogP contribution in [0, 0.1) is 0 Å². The number of ether oxygens (including phenoxy) is 1. The van der Waals surface area contributed by atoms with Crippen molar-refractivity contribution in [2.45, 2.75) is 12.6 Å². The van der Waals surface area contributed by atoms with E-state index in [-0.39, 0.29) is 17.7 Å². The summed E-state index contributed by atoms with van der Waals surface area (Å²) in [6.07, 6.45) is -3.31. The standard InChI is InChI=1S/C16H11F3N4O2/c17-16(18,19)12-3-1-2-11(8-12)9-15(24)25-14-6-4-13(5-7-14)23-10-20-21-22-23/h1-8,10H,9H2. The summed E-state index contributed by atoms with van der Waals surface area (Å²) in [5, 5.41) is 10.7. The Morgan fingerprint density at radius 3 is 2.52 bits per heavy atom. The molecule has 0 atom stereocenters. The van der Waals surface area contributed by atoms with Gasteiger partial charge in [0.1, 0.15) is 12.1 Å². The number of tetrazole rings is 1. The van der Waals surface area contributed by atoms with Gasteiger partial charge < -0.3 is 4.74 Å². The molecule has 1 aromatic heterocycles. The van der Waals surface area contributed by atoms with E-state index in [2.05, 4.69) is 15.5 Å². The van der Waals surface area contributed by atoms with Gasteiger partial charge in [-0.3, -0.25) is 4.79 Å². The Kier molecular flexibility index (Phi) is 4.46. The van der Waals surface area contributed by atoms with E-state index in [1.54, 1.807) is 24.3 Å². The molecule has 128 valence electrons. The number of aromatic nitrogens is 4. The zero-order chi connectivity index (χ0) is 17.9. The van der Waals surface area contributed by atoms with Crippen LogP contribution in [0.2, 0.25) is 0 Å². The fraction of sp³-hybridized carbons (Fsp3) is 0.125. The summed E-state index contributed by atoms with van der Waals surface area (Å²) in [6, 6.07) is 11.0. The molecule has 0 fully saturated rings. The summed E-state index contributed by atoms with van der Waals surface area (Å²) in [5.41, 5.74) is 0.0939. The van der Waals surface area contributed by atoms with Crippen LogP contribution < -0.4 is 4.74 Å². The molecule has 0 unspecified atom stereocenters. The van der Waals surface area contributed by atoms with Crippen LogP contribution in [0.1, 0.15) is 11.1 Å². The third kappa shape index (κ3) is 4.19. The van der Waals surface area contributed by atoms with E-state index < -0.39 is 17.7 Å². The lowest BCUT2D eigenvalue weighted by atomic mass is 10.1. The lowest BCUT2D eigenvalue weighted by Crippen LogP contribution is -2.12. The summed E-state index contributed by atoms with van der Waals surface area (Å²) in [4.78, 5) is 11.9. The molecule has 0 aliphatic carbocycles. The number of halogens is 3. The van der Waals surface area contributed by atoms with Crippen molar-refractivity contribution in [3.05, 3.63) is 66.0 Å². The highest BCUT2D eigenvalue weighted by Crippen LogP contribution is 2.29. The SMILES string of the molecule is O=C(Cc1cccc(C(F)(F)F)c1)Oc1ccc(-n2cnnn2)cc1. The first-order chi connectivity index (χ1) is 11.9. The van der Waals surface area contributed by atoms with E-state index >= 15 is 0 Å². The largest absolute Gasteiger partial charge is 0.426 e. The van der Waals surface area contributed by atoms with Crippen molar-refractivity contribution < 1.29 is 22.7 Å². The number of hydrogen-bond donors (Lipinski definition) is 0. The van der Waals surface area contributed by atoms with E-state index in [1.807, 2.05) is 0 Å². The molecule has 3 rings (SSSR count). The van der Waals surface area contributed by atoms with Gasteiger partial charge in [0.15, 0.2) is 0 Å². The maximum atomic E-state index is 12.7. The predicted molar refractivity (Wildman–Crippen MR) is 79.9 cm³/mol. The zero-order valence-electron chi connectivity index (χ0n) is 12.6. The molecule has 25 heavy (non-hydrogen) atoms. The number of nitrogens with zero attached hydrogens (tertiary/aromatic N) is 4. The minimum atomic E-state index is -4.45. The minimum absolute atomic E-state index is 0.227. The topological polar surface area (TPSA) is 69.9 Å². The molecule has 0 spiro atoms. The first-order valence-corrected chi connectivity index (χ1v) is 7.12. The average molecular weight is 348 g/mol. The van der Waals surface area contributed by atoms with Gasteiger partial charge in [-0.05, 0) is 46.3 Å². The first kappa shape index (κ1) is 16.6. The van der Waals surface area contributed by atoms with E-state index in [4.69, 9.17) is 4.74 Å². The van der Waals surface area contributed by atoms with Crippen molar-refractivity contribution >= 4 is 5.97 Å². The molecule has 0 aliphatic heterocycles. The number of esters is 1. The molecule has 0 N–H and O–H groups in total. The Hall–Kier alpha value is -3.23. The summed E-state index contributed by atoms with van der Waals surface area (Å²) >= 11 is 0. The second-order valence-electron chi connectivity index (χ2n) is 5.10.